The Morgan fingerprint density at radius 1 is 0.811 bits per heavy atom. The summed E-state index contributed by atoms with van der Waals surface area (Å²) in [7, 11) is 2.74. The highest BCUT2D eigenvalue weighted by atomic mass is 32.2. The minimum Gasteiger partial charge on any atom is -0.612 e. The van der Waals surface area contributed by atoms with E-state index in [0.717, 1.165) is 0 Å². The van der Waals surface area contributed by atoms with Crippen LogP contribution in [0.3, 0.4) is 0 Å². The highest BCUT2D eigenvalue weighted by Crippen LogP contribution is 2.39. The second-order valence-electron chi connectivity index (χ2n) is 7.61. The van der Waals surface area contributed by atoms with Gasteiger partial charge in [-0.1, -0.05) is 18.2 Å². The normalized spacial score (nSPS) is 12.3. The van der Waals surface area contributed by atoms with Gasteiger partial charge in [-0.05, 0) is 29.4 Å². The van der Waals surface area contributed by atoms with Crippen LogP contribution in [0.5, 0.6) is 28.7 Å². The lowest BCUT2D eigenvalue weighted by atomic mass is 10.0. The van der Waals surface area contributed by atoms with Crippen molar-refractivity contribution in [2.24, 2.45) is 0 Å². The summed E-state index contributed by atoms with van der Waals surface area (Å²) in [5.74, 6) is 2.07. The van der Waals surface area contributed by atoms with Crippen molar-refractivity contribution < 1.29 is 41.2 Å². The summed E-state index contributed by atoms with van der Waals surface area (Å²) in [6.07, 6.45) is 1.59. The molecule has 0 aliphatic carbocycles. The largest absolute Gasteiger partial charge is 0.612 e. The number of benzene rings is 3. The van der Waals surface area contributed by atoms with Crippen LogP contribution in [-0.2, 0) is 27.0 Å². The molecule has 11 heteroatoms. The topological polar surface area (TPSA) is 124 Å². The Morgan fingerprint density at radius 3 is 1.95 bits per heavy atom. The number of hydrogen-bond donors (Lipinski definition) is 1. The Morgan fingerprint density at radius 2 is 1.41 bits per heavy atom. The van der Waals surface area contributed by atoms with E-state index in [-0.39, 0.29) is 16.2 Å². The fourth-order valence-corrected chi connectivity index (χ4v) is 5.39. The van der Waals surface area contributed by atoms with E-state index >= 15 is 0 Å². The molecule has 0 spiro atoms. The van der Waals surface area contributed by atoms with Gasteiger partial charge in [0.1, 0.15) is 44.8 Å². The molecule has 0 amide bonds. The molecule has 198 valence electrons. The van der Waals surface area contributed by atoms with Crippen LogP contribution in [0.1, 0.15) is 11.1 Å². The minimum absolute atomic E-state index is 0.0881. The Balaban J connectivity index is 2.02. The number of para-hydroxylation sites is 1. The summed E-state index contributed by atoms with van der Waals surface area (Å²) in [6.45, 7) is 0. The molecule has 0 aromatic heterocycles. The fourth-order valence-electron chi connectivity index (χ4n) is 3.74. The highest BCUT2D eigenvalue weighted by molar-refractivity contribution is 7.93. The standard InChI is InChI=1S/C26H28O9S2/c1-31-18-13-24(34-4)20(25(14-18)35-5)10-11-36(27)16-17-12-26(37(28,29)30)21(15-23(17)33-3)19-8-6-7-9-22(19)32-2/h6-15H,16H2,1-5H3,(H,28,29,30)/b11-10+. The van der Waals surface area contributed by atoms with E-state index in [1.54, 1.807) is 42.5 Å². The van der Waals surface area contributed by atoms with Gasteiger partial charge in [-0.3, -0.25) is 4.55 Å². The van der Waals surface area contributed by atoms with E-state index in [2.05, 4.69) is 0 Å². The van der Waals surface area contributed by atoms with Gasteiger partial charge in [0.25, 0.3) is 10.1 Å². The van der Waals surface area contributed by atoms with Crippen molar-refractivity contribution in [3.63, 3.8) is 0 Å². The van der Waals surface area contributed by atoms with Gasteiger partial charge in [0.05, 0.1) is 41.1 Å². The Hall–Kier alpha value is -3.38. The van der Waals surface area contributed by atoms with Crippen LogP contribution in [0.15, 0.2) is 58.8 Å². The lowest BCUT2D eigenvalue weighted by Gasteiger charge is -2.17. The summed E-state index contributed by atoms with van der Waals surface area (Å²) >= 11 is -1.61. The molecule has 0 saturated heterocycles. The van der Waals surface area contributed by atoms with Crippen LogP contribution >= 0.6 is 0 Å². The van der Waals surface area contributed by atoms with Crippen molar-refractivity contribution in [2.45, 2.75) is 10.6 Å². The number of ether oxygens (including phenoxy) is 5. The molecule has 1 unspecified atom stereocenters. The highest BCUT2D eigenvalue weighted by Gasteiger charge is 2.24. The van der Waals surface area contributed by atoms with Crippen LogP contribution in [0, 0.1) is 0 Å². The molecule has 37 heavy (non-hydrogen) atoms. The van der Waals surface area contributed by atoms with E-state index in [9.17, 15) is 17.5 Å². The Bertz CT molecular complexity index is 1360. The SMILES string of the molecule is COc1cc(OC)c(/C=C/[S+]([O-])Cc2cc(S(=O)(=O)O)c(-c3ccccc3OC)cc2OC)c(OC)c1. The number of methoxy groups -OCH3 is 5. The second kappa shape index (κ2) is 12.2. The van der Waals surface area contributed by atoms with Gasteiger partial charge in [-0.15, -0.1) is 0 Å². The average molecular weight is 549 g/mol. The zero-order valence-electron chi connectivity index (χ0n) is 21.0. The fraction of sp³-hybridized carbons (Fsp3) is 0.231. The maximum Gasteiger partial charge on any atom is 0.295 e. The summed E-state index contributed by atoms with van der Waals surface area (Å²) in [6, 6.07) is 12.9. The summed E-state index contributed by atoms with van der Waals surface area (Å²) in [4.78, 5) is -0.354. The van der Waals surface area contributed by atoms with Gasteiger partial charge in [0.2, 0.25) is 0 Å². The molecule has 3 aromatic carbocycles. The van der Waals surface area contributed by atoms with Gasteiger partial charge in [0.15, 0.2) is 0 Å². The first kappa shape index (κ1) is 28.2. The van der Waals surface area contributed by atoms with Crippen LogP contribution < -0.4 is 23.7 Å². The molecular formula is C26H28O9S2. The zero-order valence-corrected chi connectivity index (χ0v) is 22.6. The summed E-state index contributed by atoms with van der Waals surface area (Å²) < 4.78 is 74.5. The molecule has 0 saturated carbocycles. The van der Waals surface area contributed by atoms with Gasteiger partial charge < -0.3 is 28.2 Å². The molecule has 0 aliphatic heterocycles. The third-order valence-electron chi connectivity index (χ3n) is 5.50. The molecule has 9 nitrogen and oxygen atoms in total. The first-order valence-corrected chi connectivity index (χ1v) is 13.7. The van der Waals surface area contributed by atoms with E-state index in [4.69, 9.17) is 23.7 Å². The Kier molecular flexibility index (Phi) is 9.33. The minimum atomic E-state index is -4.64. The third kappa shape index (κ3) is 6.50. The molecule has 1 atom stereocenters. The quantitative estimate of drug-likeness (QED) is 0.271. The molecule has 1 N–H and O–H groups in total. The van der Waals surface area contributed by atoms with Crippen LogP contribution in [-0.4, -0.2) is 53.1 Å². The van der Waals surface area contributed by atoms with Crippen molar-refractivity contribution in [3.8, 4) is 39.9 Å². The predicted molar refractivity (Wildman–Crippen MR) is 142 cm³/mol. The van der Waals surface area contributed by atoms with E-state index < -0.39 is 21.3 Å². The molecule has 0 fully saturated rings. The average Bonchev–Trinajstić information content (AvgIpc) is 2.90. The molecule has 3 aromatic rings. The summed E-state index contributed by atoms with van der Waals surface area (Å²) in [5, 5.41) is 1.44. The van der Waals surface area contributed by atoms with E-state index in [1.807, 2.05) is 0 Å². The van der Waals surface area contributed by atoms with E-state index in [1.165, 1.54) is 53.1 Å². The monoisotopic (exact) mass is 548 g/mol. The van der Waals surface area contributed by atoms with Gasteiger partial charge in [0, 0.05) is 34.9 Å². The molecule has 0 aliphatic rings. The molecule has 0 radical (unpaired) electrons. The molecule has 0 bridgehead atoms. The Labute approximate surface area is 219 Å². The maximum absolute atomic E-state index is 13.0. The summed E-state index contributed by atoms with van der Waals surface area (Å²) in [5.41, 5.74) is 1.51. The van der Waals surface area contributed by atoms with Crippen molar-refractivity contribution in [1.82, 2.24) is 0 Å². The van der Waals surface area contributed by atoms with Crippen LogP contribution in [0.4, 0.5) is 0 Å². The zero-order chi connectivity index (χ0) is 27.2. The van der Waals surface area contributed by atoms with Gasteiger partial charge in [-0.25, -0.2) is 0 Å². The predicted octanol–water partition coefficient (Wildman–Crippen LogP) is 4.56. The lowest BCUT2D eigenvalue weighted by molar-refractivity contribution is 0.374. The molecular weight excluding hydrogens is 520 g/mol. The van der Waals surface area contributed by atoms with Crippen molar-refractivity contribution in [3.05, 3.63) is 65.1 Å². The molecule has 0 heterocycles. The second-order valence-corrected chi connectivity index (χ2v) is 10.3. The molecule has 3 rings (SSSR count). The smallest absolute Gasteiger partial charge is 0.295 e. The van der Waals surface area contributed by atoms with Crippen LogP contribution in [0.25, 0.3) is 17.2 Å². The third-order valence-corrected chi connectivity index (χ3v) is 7.42. The lowest BCUT2D eigenvalue weighted by Crippen LogP contribution is -2.07. The first-order valence-electron chi connectivity index (χ1n) is 10.8. The van der Waals surface area contributed by atoms with Gasteiger partial charge >= 0.3 is 0 Å². The number of hydrogen-bond acceptors (Lipinski definition) is 8. The van der Waals surface area contributed by atoms with Crippen molar-refractivity contribution >= 4 is 27.4 Å². The maximum atomic E-state index is 13.0. The van der Waals surface area contributed by atoms with Crippen molar-refractivity contribution in [1.29, 1.82) is 0 Å². The number of rotatable bonds is 11. The first-order chi connectivity index (χ1) is 17.7. The van der Waals surface area contributed by atoms with E-state index in [0.29, 0.717) is 45.4 Å². The van der Waals surface area contributed by atoms with Gasteiger partial charge in [-0.2, -0.15) is 8.42 Å². The van der Waals surface area contributed by atoms with Crippen LogP contribution in [0.2, 0.25) is 0 Å². The van der Waals surface area contributed by atoms with Crippen molar-refractivity contribution in [2.75, 3.05) is 35.5 Å².